The summed E-state index contributed by atoms with van der Waals surface area (Å²) in [7, 11) is 0. The Morgan fingerprint density at radius 2 is 1.68 bits per heavy atom. The Labute approximate surface area is 150 Å². The van der Waals surface area contributed by atoms with Crippen LogP contribution in [0.4, 0.5) is 13.2 Å². The van der Waals surface area contributed by atoms with Crippen LogP contribution in [0.1, 0.15) is 23.1 Å². The van der Waals surface area contributed by atoms with Crippen LogP contribution in [-0.2, 0) is 19.1 Å². The highest BCUT2D eigenvalue weighted by Crippen LogP contribution is 2.36. The van der Waals surface area contributed by atoms with Crippen molar-refractivity contribution in [2.24, 2.45) is 0 Å². The van der Waals surface area contributed by atoms with E-state index in [1.165, 1.54) is 6.07 Å². The van der Waals surface area contributed by atoms with Crippen LogP contribution in [-0.4, -0.2) is 29.7 Å². The second kappa shape index (κ2) is 9.22. The molecule has 0 aliphatic rings. The molecule has 1 N–H and O–H groups in total. The van der Waals surface area contributed by atoms with Crippen molar-refractivity contribution < 1.29 is 18.3 Å². The molecule has 6 heteroatoms. The summed E-state index contributed by atoms with van der Waals surface area (Å²) < 4.78 is 39.0. The van der Waals surface area contributed by atoms with Gasteiger partial charge in [0.2, 0.25) is 0 Å². The molecular weight excluding hydrogens is 351 g/mol. The van der Waals surface area contributed by atoms with Gasteiger partial charge in [-0.3, -0.25) is 4.90 Å². The Balaban J connectivity index is 2.11. The fourth-order valence-corrected chi connectivity index (χ4v) is 2.95. The minimum absolute atomic E-state index is 0.0398. The van der Waals surface area contributed by atoms with Crippen molar-refractivity contribution >= 4 is 11.6 Å². The summed E-state index contributed by atoms with van der Waals surface area (Å²) in [6, 6.07) is 13.9. The third-order valence-electron chi connectivity index (χ3n) is 3.97. The van der Waals surface area contributed by atoms with Crippen LogP contribution >= 0.6 is 11.6 Å². The predicted octanol–water partition coefficient (Wildman–Crippen LogP) is 4.79. The topological polar surface area (TPSA) is 23.5 Å². The van der Waals surface area contributed by atoms with E-state index in [2.05, 4.69) is 0 Å². The molecule has 0 fully saturated rings. The molecule has 0 saturated carbocycles. The first-order valence-corrected chi connectivity index (χ1v) is 8.51. The van der Waals surface area contributed by atoms with Crippen LogP contribution in [0.25, 0.3) is 0 Å². The van der Waals surface area contributed by atoms with Gasteiger partial charge in [0.25, 0.3) is 0 Å². The molecule has 0 unspecified atom stereocenters. The molecule has 0 heterocycles. The number of hydrogen-bond donors (Lipinski definition) is 1. The first-order valence-electron chi connectivity index (χ1n) is 8.13. The monoisotopic (exact) mass is 371 g/mol. The summed E-state index contributed by atoms with van der Waals surface area (Å²) in [5.74, 6) is 0. The van der Waals surface area contributed by atoms with Gasteiger partial charge in [-0.15, -0.1) is 0 Å². The van der Waals surface area contributed by atoms with Crippen LogP contribution in [0.5, 0.6) is 0 Å². The maximum Gasteiger partial charge on any atom is 0.417 e. The first kappa shape index (κ1) is 19.8. The standard InChI is InChI=1S/C19H21ClF3NO/c20-18-16(8-4-9-17(18)19(21,22)23)14-24(11-5-13-25)12-10-15-6-2-1-3-7-15/h1-4,6-9,25H,5,10-14H2. The largest absolute Gasteiger partial charge is 0.417 e. The predicted molar refractivity (Wildman–Crippen MR) is 93.6 cm³/mol. The second-order valence-electron chi connectivity index (χ2n) is 5.87. The Kier molecular flexibility index (Phi) is 7.29. The Morgan fingerprint density at radius 1 is 0.960 bits per heavy atom. The normalized spacial score (nSPS) is 11.9. The van der Waals surface area contributed by atoms with E-state index in [1.807, 2.05) is 35.2 Å². The van der Waals surface area contributed by atoms with Gasteiger partial charge < -0.3 is 5.11 Å². The van der Waals surface area contributed by atoms with Gasteiger partial charge in [-0.25, -0.2) is 0 Å². The quantitative estimate of drug-likeness (QED) is 0.721. The van der Waals surface area contributed by atoms with Crippen molar-refractivity contribution in [2.75, 3.05) is 19.7 Å². The molecule has 136 valence electrons. The maximum atomic E-state index is 13.0. The minimum atomic E-state index is -4.47. The van der Waals surface area contributed by atoms with Gasteiger partial charge in [0.15, 0.2) is 0 Å². The molecule has 0 radical (unpaired) electrons. The zero-order valence-electron chi connectivity index (χ0n) is 13.8. The van der Waals surface area contributed by atoms with E-state index in [-0.39, 0.29) is 11.6 Å². The highest BCUT2D eigenvalue weighted by atomic mass is 35.5. The number of alkyl halides is 3. The molecule has 0 spiro atoms. The molecule has 0 aromatic heterocycles. The highest BCUT2D eigenvalue weighted by Gasteiger charge is 2.33. The number of benzene rings is 2. The van der Waals surface area contributed by atoms with Crippen LogP contribution in [0.2, 0.25) is 5.02 Å². The Morgan fingerprint density at radius 3 is 2.32 bits per heavy atom. The molecule has 2 nitrogen and oxygen atoms in total. The molecular formula is C19H21ClF3NO. The van der Waals surface area contributed by atoms with E-state index >= 15 is 0 Å². The van der Waals surface area contributed by atoms with Gasteiger partial charge in [0, 0.05) is 26.2 Å². The van der Waals surface area contributed by atoms with E-state index in [1.54, 1.807) is 6.07 Å². The molecule has 2 rings (SSSR count). The lowest BCUT2D eigenvalue weighted by atomic mass is 10.1. The highest BCUT2D eigenvalue weighted by molar-refractivity contribution is 6.32. The van der Waals surface area contributed by atoms with Crippen molar-refractivity contribution in [3.05, 3.63) is 70.2 Å². The summed E-state index contributed by atoms with van der Waals surface area (Å²) in [5, 5.41) is 8.82. The smallest absolute Gasteiger partial charge is 0.396 e. The Hall–Kier alpha value is -1.56. The molecule has 0 atom stereocenters. The average molecular weight is 372 g/mol. The van der Waals surface area contributed by atoms with Crippen molar-refractivity contribution in [1.29, 1.82) is 0 Å². The average Bonchev–Trinajstić information content (AvgIpc) is 2.58. The van der Waals surface area contributed by atoms with Crippen molar-refractivity contribution in [3.63, 3.8) is 0 Å². The van der Waals surface area contributed by atoms with E-state index in [4.69, 9.17) is 16.7 Å². The molecule has 0 aliphatic heterocycles. The van der Waals surface area contributed by atoms with Gasteiger partial charge in [-0.2, -0.15) is 13.2 Å². The van der Waals surface area contributed by atoms with E-state index < -0.39 is 11.7 Å². The summed E-state index contributed by atoms with van der Waals surface area (Å²) in [5.41, 5.74) is 0.797. The SMILES string of the molecule is OCCCN(CCc1ccccc1)Cc1cccc(C(F)(F)F)c1Cl. The zero-order chi connectivity index (χ0) is 18.3. The number of aliphatic hydroxyl groups is 1. The molecule has 0 saturated heterocycles. The van der Waals surface area contributed by atoms with E-state index in [0.717, 1.165) is 18.1 Å². The number of rotatable bonds is 8. The van der Waals surface area contributed by atoms with Crippen LogP contribution in [0.15, 0.2) is 48.5 Å². The fraction of sp³-hybridized carbons (Fsp3) is 0.368. The van der Waals surface area contributed by atoms with Crippen molar-refractivity contribution in [2.45, 2.75) is 25.6 Å². The molecule has 2 aromatic rings. The van der Waals surface area contributed by atoms with Gasteiger partial charge in [-0.1, -0.05) is 54.1 Å². The second-order valence-corrected chi connectivity index (χ2v) is 6.24. The molecule has 2 aromatic carbocycles. The summed E-state index contributed by atoms with van der Waals surface area (Å²) in [6.45, 7) is 1.63. The van der Waals surface area contributed by atoms with Gasteiger partial charge in [0.05, 0.1) is 10.6 Å². The molecule has 25 heavy (non-hydrogen) atoms. The van der Waals surface area contributed by atoms with Crippen molar-refractivity contribution in [1.82, 2.24) is 4.90 Å². The zero-order valence-corrected chi connectivity index (χ0v) is 14.5. The third kappa shape index (κ3) is 6.03. The summed E-state index contributed by atoms with van der Waals surface area (Å²) >= 11 is 5.99. The summed E-state index contributed by atoms with van der Waals surface area (Å²) in [6.07, 6.45) is -3.12. The third-order valence-corrected chi connectivity index (χ3v) is 4.42. The van der Waals surface area contributed by atoms with Crippen LogP contribution in [0.3, 0.4) is 0 Å². The number of nitrogens with zero attached hydrogens (tertiary/aromatic N) is 1. The molecule has 0 bridgehead atoms. The first-order chi connectivity index (χ1) is 11.9. The number of hydrogen-bond acceptors (Lipinski definition) is 2. The van der Waals surface area contributed by atoms with Crippen molar-refractivity contribution in [3.8, 4) is 0 Å². The van der Waals surface area contributed by atoms with E-state index in [9.17, 15) is 13.2 Å². The van der Waals surface area contributed by atoms with Gasteiger partial charge >= 0.3 is 6.18 Å². The lowest BCUT2D eigenvalue weighted by molar-refractivity contribution is -0.137. The summed E-state index contributed by atoms with van der Waals surface area (Å²) in [4.78, 5) is 2.02. The van der Waals surface area contributed by atoms with Gasteiger partial charge in [-0.05, 0) is 30.0 Å². The minimum Gasteiger partial charge on any atom is -0.396 e. The Bertz CT molecular complexity index is 661. The maximum absolute atomic E-state index is 13.0. The fourth-order valence-electron chi connectivity index (χ4n) is 2.66. The van der Waals surface area contributed by atoms with Crippen LogP contribution < -0.4 is 0 Å². The molecule has 0 aliphatic carbocycles. The van der Waals surface area contributed by atoms with Crippen LogP contribution in [0, 0.1) is 0 Å². The lowest BCUT2D eigenvalue weighted by Crippen LogP contribution is -2.28. The number of halogens is 4. The molecule has 0 amide bonds. The lowest BCUT2D eigenvalue weighted by Gasteiger charge is -2.23. The number of aliphatic hydroxyl groups excluding tert-OH is 1. The van der Waals surface area contributed by atoms with Gasteiger partial charge in [0.1, 0.15) is 0 Å². The van der Waals surface area contributed by atoms with E-state index in [0.29, 0.717) is 31.6 Å².